The molecule has 6 heteroatoms. The van der Waals surface area contributed by atoms with E-state index in [1.54, 1.807) is 0 Å². The van der Waals surface area contributed by atoms with Gasteiger partial charge in [-0.3, -0.25) is 5.43 Å². The van der Waals surface area contributed by atoms with Crippen molar-refractivity contribution in [2.75, 3.05) is 0 Å². The SMILES string of the molecule is CC1(C)C2CCC1(C)C(N=C(NC1CC3CCC1(C)C3(C)C)N(NC(N)=NC13CC4CC(CC(C4)C1)C3)C13CC4CC(CC(C4)C1)C3)C2. The number of nitrogens with one attached hydrogen (secondary N) is 2. The summed E-state index contributed by atoms with van der Waals surface area (Å²) in [6, 6.07) is 0.802. The second-order valence-corrected chi connectivity index (χ2v) is 22.1. The zero-order chi connectivity index (χ0) is 33.1. The third-order valence-electron chi connectivity index (χ3n) is 19.4. The standard InChI is InChI=1S/C42H68N6/c1-37(2)31-7-9-39(37,5)33(17-31)44-36(45-34-18-32-8-10-40(34,6)38(32,3)4)48(42-22-28-14-29(23-42)16-30(15-28)24-42)47-35(43)46-41-19-25-11-26(20-41)13-27(12-25)21-41/h25-34H,7-24H2,1-6H3,(H,44,45)(H3,43,46,47). The quantitative estimate of drug-likeness (QED) is 0.161. The molecule has 4 N–H and O–H groups in total. The number of aliphatic imine (C=N–C) groups is 2. The van der Waals surface area contributed by atoms with Crippen molar-refractivity contribution in [2.24, 2.45) is 84.7 Å². The van der Waals surface area contributed by atoms with Crippen molar-refractivity contribution < 1.29 is 0 Å². The molecular weight excluding hydrogens is 589 g/mol. The number of rotatable bonds is 4. The molecule has 48 heavy (non-hydrogen) atoms. The molecule has 0 aliphatic heterocycles. The number of nitrogens with zero attached hydrogens (tertiary/aromatic N) is 3. The van der Waals surface area contributed by atoms with Crippen LogP contribution in [0.15, 0.2) is 9.98 Å². The highest BCUT2D eigenvalue weighted by atomic mass is 15.6. The molecule has 12 bridgehead atoms. The van der Waals surface area contributed by atoms with Gasteiger partial charge in [0.05, 0.1) is 17.1 Å². The summed E-state index contributed by atoms with van der Waals surface area (Å²) < 4.78 is 0. The minimum atomic E-state index is 0.0634. The summed E-state index contributed by atoms with van der Waals surface area (Å²) in [5.74, 6) is 8.55. The summed E-state index contributed by atoms with van der Waals surface area (Å²) >= 11 is 0. The van der Waals surface area contributed by atoms with Crippen molar-refractivity contribution in [1.29, 1.82) is 0 Å². The fourth-order valence-electron chi connectivity index (χ4n) is 16.6. The van der Waals surface area contributed by atoms with E-state index < -0.39 is 0 Å². The Morgan fingerprint density at radius 1 is 0.625 bits per heavy atom. The first kappa shape index (κ1) is 31.3. The normalized spacial score (nSPS) is 54.8. The fraction of sp³-hybridized carbons (Fsp3) is 0.952. The minimum absolute atomic E-state index is 0.0634. The van der Waals surface area contributed by atoms with Crippen LogP contribution >= 0.6 is 0 Å². The molecule has 6 atom stereocenters. The summed E-state index contributed by atoms with van der Waals surface area (Å²) in [4.78, 5) is 11.6. The summed E-state index contributed by atoms with van der Waals surface area (Å²) in [6.45, 7) is 15.4. The van der Waals surface area contributed by atoms with Gasteiger partial charge in [-0.05, 0) is 185 Å². The van der Waals surface area contributed by atoms with Crippen molar-refractivity contribution in [3.8, 4) is 0 Å². The lowest BCUT2D eigenvalue weighted by Gasteiger charge is -2.61. The molecule has 266 valence electrons. The number of nitrogens with two attached hydrogens (primary N) is 1. The molecule has 12 aliphatic rings. The second-order valence-electron chi connectivity index (χ2n) is 22.1. The molecular formula is C42H68N6. The molecule has 0 amide bonds. The maximum absolute atomic E-state index is 7.24. The van der Waals surface area contributed by atoms with Crippen LogP contribution in [0.1, 0.15) is 157 Å². The van der Waals surface area contributed by atoms with Gasteiger partial charge < -0.3 is 11.1 Å². The summed E-state index contributed by atoms with van der Waals surface area (Å²) in [5, 5.41) is 6.99. The first-order valence-electron chi connectivity index (χ1n) is 21.0. The topological polar surface area (TPSA) is 78.0 Å². The van der Waals surface area contributed by atoms with E-state index >= 15 is 0 Å². The molecule has 0 radical (unpaired) electrons. The van der Waals surface area contributed by atoms with Crippen molar-refractivity contribution in [1.82, 2.24) is 15.8 Å². The highest BCUT2D eigenvalue weighted by Crippen LogP contribution is 2.68. The molecule has 6 unspecified atom stereocenters. The van der Waals surface area contributed by atoms with Gasteiger partial charge in [0.2, 0.25) is 11.9 Å². The van der Waals surface area contributed by atoms with E-state index in [1.165, 1.54) is 116 Å². The molecule has 12 fully saturated rings. The predicted molar refractivity (Wildman–Crippen MR) is 195 cm³/mol. The van der Waals surface area contributed by atoms with Crippen molar-refractivity contribution in [3.05, 3.63) is 0 Å². The summed E-state index contributed by atoms with van der Waals surface area (Å²) in [7, 11) is 0. The van der Waals surface area contributed by atoms with Crippen LogP contribution in [0, 0.1) is 69.0 Å². The molecule has 12 aliphatic carbocycles. The van der Waals surface area contributed by atoms with Crippen LogP contribution < -0.4 is 16.5 Å². The molecule has 0 aromatic rings. The average molecular weight is 657 g/mol. The summed E-state index contributed by atoms with van der Waals surface area (Å²) in [6.07, 6.45) is 24.1. The Labute approximate surface area is 292 Å². The van der Waals surface area contributed by atoms with Crippen LogP contribution in [-0.4, -0.2) is 40.1 Å². The largest absolute Gasteiger partial charge is 0.369 e. The number of hydrazine groups is 1. The van der Waals surface area contributed by atoms with Crippen molar-refractivity contribution in [2.45, 2.75) is 180 Å². The smallest absolute Gasteiger partial charge is 0.214 e. The van der Waals surface area contributed by atoms with Crippen LogP contribution in [0.4, 0.5) is 0 Å². The Morgan fingerprint density at radius 2 is 1.10 bits per heavy atom. The molecule has 6 nitrogen and oxygen atoms in total. The Kier molecular flexibility index (Phi) is 6.45. The molecule has 0 saturated heterocycles. The molecule has 0 spiro atoms. The van der Waals surface area contributed by atoms with Gasteiger partial charge in [0.15, 0.2) is 0 Å². The lowest BCUT2D eigenvalue weighted by atomic mass is 9.52. The van der Waals surface area contributed by atoms with Crippen molar-refractivity contribution >= 4 is 11.9 Å². The minimum Gasteiger partial charge on any atom is -0.369 e. The van der Waals surface area contributed by atoms with Crippen LogP contribution in [0.3, 0.4) is 0 Å². The van der Waals surface area contributed by atoms with Gasteiger partial charge in [-0.15, -0.1) is 0 Å². The van der Waals surface area contributed by atoms with Gasteiger partial charge >= 0.3 is 0 Å². The van der Waals surface area contributed by atoms with E-state index in [-0.39, 0.29) is 21.9 Å². The fourth-order valence-corrected chi connectivity index (χ4v) is 16.6. The zero-order valence-corrected chi connectivity index (χ0v) is 31.4. The van der Waals surface area contributed by atoms with Gasteiger partial charge in [-0.2, -0.15) is 0 Å². The van der Waals surface area contributed by atoms with Crippen LogP contribution in [0.2, 0.25) is 0 Å². The van der Waals surface area contributed by atoms with Crippen LogP contribution in [0.25, 0.3) is 0 Å². The Hall–Kier alpha value is -1.46. The molecule has 0 aromatic carbocycles. The van der Waals surface area contributed by atoms with Gasteiger partial charge in [-0.1, -0.05) is 41.5 Å². The van der Waals surface area contributed by atoms with E-state index in [9.17, 15) is 0 Å². The maximum Gasteiger partial charge on any atom is 0.214 e. The van der Waals surface area contributed by atoms with E-state index in [1.807, 2.05) is 0 Å². The zero-order valence-electron chi connectivity index (χ0n) is 31.4. The molecule has 0 aromatic heterocycles. The Balaban J connectivity index is 1.06. The summed E-state index contributed by atoms with van der Waals surface area (Å²) in [5.41, 5.74) is 12.6. The molecule has 12 saturated carbocycles. The Bertz CT molecular complexity index is 1340. The second kappa shape index (κ2) is 9.90. The number of guanidine groups is 2. The maximum atomic E-state index is 7.24. The lowest BCUT2D eigenvalue weighted by molar-refractivity contribution is -0.0734. The monoisotopic (exact) mass is 657 g/mol. The van der Waals surface area contributed by atoms with Crippen molar-refractivity contribution in [3.63, 3.8) is 0 Å². The average Bonchev–Trinajstić information content (AvgIpc) is 3.50. The third-order valence-corrected chi connectivity index (χ3v) is 19.4. The number of fused-ring (bicyclic) bond motifs is 4. The number of hydrogen-bond donors (Lipinski definition) is 3. The van der Waals surface area contributed by atoms with Gasteiger partial charge in [0, 0.05) is 6.04 Å². The molecule has 12 rings (SSSR count). The van der Waals surface area contributed by atoms with Gasteiger partial charge in [0.25, 0.3) is 0 Å². The van der Waals surface area contributed by atoms with Crippen LogP contribution in [-0.2, 0) is 0 Å². The predicted octanol–water partition coefficient (Wildman–Crippen LogP) is 8.42. The van der Waals surface area contributed by atoms with E-state index in [0.717, 1.165) is 53.3 Å². The number of hydrogen-bond acceptors (Lipinski definition) is 2. The van der Waals surface area contributed by atoms with Gasteiger partial charge in [-0.25, -0.2) is 15.0 Å². The first-order chi connectivity index (χ1) is 22.7. The van der Waals surface area contributed by atoms with Gasteiger partial charge in [0.1, 0.15) is 0 Å². The van der Waals surface area contributed by atoms with E-state index in [2.05, 4.69) is 57.3 Å². The first-order valence-corrected chi connectivity index (χ1v) is 21.0. The van der Waals surface area contributed by atoms with E-state index in [4.69, 9.17) is 15.7 Å². The third kappa shape index (κ3) is 4.21. The Morgan fingerprint density at radius 3 is 1.54 bits per heavy atom. The highest BCUT2D eigenvalue weighted by Gasteiger charge is 2.64. The van der Waals surface area contributed by atoms with E-state index in [0.29, 0.717) is 28.9 Å². The lowest BCUT2D eigenvalue weighted by Crippen LogP contribution is -2.70. The highest BCUT2D eigenvalue weighted by molar-refractivity contribution is 5.86. The molecule has 0 heterocycles. The van der Waals surface area contributed by atoms with Crippen LogP contribution in [0.5, 0.6) is 0 Å².